The van der Waals surface area contributed by atoms with Crippen molar-refractivity contribution in [1.29, 1.82) is 0 Å². The van der Waals surface area contributed by atoms with Gasteiger partial charge in [0.15, 0.2) is 0 Å². The zero-order chi connectivity index (χ0) is 26.3. The Kier molecular flexibility index (Phi) is 6.88. The molecule has 1 heterocycles. The smallest absolute Gasteiger partial charge is 0.264 e. The Bertz CT molecular complexity index is 1400. The van der Waals surface area contributed by atoms with Crippen LogP contribution < -0.4 is 14.4 Å². The van der Waals surface area contributed by atoms with Gasteiger partial charge in [-0.2, -0.15) is 0 Å². The van der Waals surface area contributed by atoms with Crippen molar-refractivity contribution in [2.45, 2.75) is 64.5 Å². The van der Waals surface area contributed by atoms with Crippen LogP contribution in [0.2, 0.25) is 0 Å². The molecule has 3 aromatic carbocycles. The second-order valence-corrected chi connectivity index (χ2v) is 12.2. The molecule has 0 aromatic heterocycles. The molecule has 1 N–H and O–H groups in total. The van der Waals surface area contributed by atoms with E-state index in [0.717, 1.165) is 33.6 Å². The van der Waals surface area contributed by atoms with Gasteiger partial charge in [0, 0.05) is 12.0 Å². The molecule has 0 radical (unpaired) electrons. The van der Waals surface area contributed by atoms with Gasteiger partial charge in [-0.15, -0.1) is 0 Å². The Labute approximate surface area is 214 Å². The van der Waals surface area contributed by atoms with E-state index in [1.165, 1.54) is 4.31 Å². The molecule has 0 saturated heterocycles. The van der Waals surface area contributed by atoms with Gasteiger partial charge >= 0.3 is 0 Å². The zero-order valence-corrected chi connectivity index (χ0v) is 22.6. The number of rotatable bonds is 6. The molecule has 7 heteroatoms. The monoisotopic (exact) mass is 506 g/mol. The second kappa shape index (κ2) is 9.62. The van der Waals surface area contributed by atoms with E-state index in [9.17, 15) is 13.2 Å². The molecule has 1 aliphatic heterocycles. The zero-order valence-electron chi connectivity index (χ0n) is 21.8. The largest absolute Gasteiger partial charge is 0.487 e. The maximum Gasteiger partial charge on any atom is 0.264 e. The van der Waals surface area contributed by atoms with E-state index in [2.05, 4.69) is 5.32 Å². The molecule has 3 aromatic rings. The van der Waals surface area contributed by atoms with Crippen LogP contribution in [0, 0.1) is 27.7 Å². The lowest BCUT2D eigenvalue weighted by atomic mass is 9.89. The molecule has 6 nitrogen and oxygen atoms in total. The number of aryl methyl sites for hydroxylation is 4. The van der Waals surface area contributed by atoms with Crippen molar-refractivity contribution in [2.75, 3.05) is 10.8 Å². The summed E-state index contributed by atoms with van der Waals surface area (Å²) in [5.41, 5.74) is 4.64. The molecular formula is C29H34N2O4S. The Hall–Kier alpha value is -3.32. The van der Waals surface area contributed by atoms with Crippen LogP contribution in [0.15, 0.2) is 65.6 Å². The summed E-state index contributed by atoms with van der Waals surface area (Å²) in [6, 6.07) is 17.9. The van der Waals surface area contributed by atoms with Crippen molar-refractivity contribution in [3.8, 4) is 5.75 Å². The molecule has 4 rings (SSSR count). The van der Waals surface area contributed by atoms with Crippen LogP contribution in [0.4, 0.5) is 5.69 Å². The standard InChI is InChI=1S/C29H34N2O4S/c1-19-8-12-23(13-9-19)36(33,34)31(26-15-20(2)7-11-22(26)4)18-28(32)30-25-17-29(5,6)35-27-16-21(3)10-14-24(25)27/h7-16,25H,17-18H2,1-6H3,(H,30,32). The number of fused-ring (bicyclic) bond motifs is 1. The van der Waals surface area contributed by atoms with Crippen LogP contribution in [-0.2, 0) is 14.8 Å². The van der Waals surface area contributed by atoms with Gasteiger partial charge in [-0.3, -0.25) is 9.10 Å². The van der Waals surface area contributed by atoms with E-state index < -0.39 is 15.6 Å². The number of hydrogen-bond donors (Lipinski definition) is 1. The maximum absolute atomic E-state index is 13.8. The molecule has 1 amide bonds. The Morgan fingerprint density at radius 3 is 2.25 bits per heavy atom. The minimum absolute atomic E-state index is 0.148. The van der Waals surface area contributed by atoms with E-state index >= 15 is 0 Å². The molecule has 0 saturated carbocycles. The fourth-order valence-electron chi connectivity index (χ4n) is 4.58. The number of sulfonamides is 1. The molecular weight excluding hydrogens is 472 g/mol. The summed E-state index contributed by atoms with van der Waals surface area (Å²) in [4.78, 5) is 13.6. The van der Waals surface area contributed by atoms with Gasteiger partial charge in [0.1, 0.15) is 17.9 Å². The number of nitrogens with zero attached hydrogens (tertiary/aromatic N) is 1. The van der Waals surface area contributed by atoms with Crippen molar-refractivity contribution in [1.82, 2.24) is 5.32 Å². The molecule has 1 aliphatic rings. The summed E-state index contributed by atoms with van der Waals surface area (Å²) in [5, 5.41) is 3.09. The fraction of sp³-hybridized carbons (Fsp3) is 0.345. The molecule has 0 aliphatic carbocycles. The lowest BCUT2D eigenvalue weighted by molar-refractivity contribution is -0.120. The van der Waals surface area contributed by atoms with E-state index in [4.69, 9.17) is 4.74 Å². The average molecular weight is 507 g/mol. The first kappa shape index (κ1) is 25.8. The summed E-state index contributed by atoms with van der Waals surface area (Å²) in [7, 11) is -3.99. The van der Waals surface area contributed by atoms with Gasteiger partial charge in [0.2, 0.25) is 5.91 Å². The molecule has 1 atom stereocenters. The predicted molar refractivity (Wildman–Crippen MR) is 143 cm³/mol. The van der Waals surface area contributed by atoms with Crippen molar-refractivity contribution in [2.24, 2.45) is 0 Å². The van der Waals surface area contributed by atoms with Crippen molar-refractivity contribution < 1.29 is 17.9 Å². The average Bonchev–Trinajstić information content (AvgIpc) is 2.78. The fourth-order valence-corrected chi connectivity index (χ4v) is 6.06. The van der Waals surface area contributed by atoms with E-state index in [-0.39, 0.29) is 23.4 Å². The van der Waals surface area contributed by atoms with Gasteiger partial charge in [0.25, 0.3) is 10.0 Å². The van der Waals surface area contributed by atoms with Gasteiger partial charge < -0.3 is 10.1 Å². The highest BCUT2D eigenvalue weighted by molar-refractivity contribution is 7.92. The molecule has 190 valence electrons. The normalized spacial score (nSPS) is 16.6. The predicted octanol–water partition coefficient (Wildman–Crippen LogP) is 5.53. The molecule has 1 unspecified atom stereocenters. The third-order valence-corrected chi connectivity index (χ3v) is 8.27. The van der Waals surface area contributed by atoms with E-state index in [0.29, 0.717) is 12.1 Å². The number of benzene rings is 3. The highest BCUT2D eigenvalue weighted by Crippen LogP contribution is 2.40. The van der Waals surface area contributed by atoms with Crippen molar-refractivity contribution in [3.05, 3.63) is 88.5 Å². The Morgan fingerprint density at radius 2 is 1.56 bits per heavy atom. The van der Waals surface area contributed by atoms with Gasteiger partial charge in [-0.1, -0.05) is 42.0 Å². The summed E-state index contributed by atoms with van der Waals surface area (Å²) < 4.78 is 35.0. The van der Waals surface area contributed by atoms with Crippen LogP contribution >= 0.6 is 0 Å². The number of carbonyl (C=O) groups is 1. The Balaban J connectivity index is 1.69. The number of amides is 1. The number of anilines is 1. The molecule has 0 spiro atoms. The van der Waals surface area contributed by atoms with Gasteiger partial charge in [-0.25, -0.2) is 8.42 Å². The first-order chi connectivity index (χ1) is 16.9. The van der Waals surface area contributed by atoms with Crippen LogP contribution in [0.25, 0.3) is 0 Å². The number of ether oxygens (including phenoxy) is 1. The first-order valence-corrected chi connectivity index (χ1v) is 13.6. The summed E-state index contributed by atoms with van der Waals surface area (Å²) >= 11 is 0. The summed E-state index contributed by atoms with van der Waals surface area (Å²) in [6.45, 7) is 11.3. The van der Waals surface area contributed by atoms with Crippen LogP contribution in [-0.4, -0.2) is 26.5 Å². The van der Waals surface area contributed by atoms with Crippen LogP contribution in [0.5, 0.6) is 5.75 Å². The summed E-state index contributed by atoms with van der Waals surface area (Å²) in [6.07, 6.45) is 0.572. The SMILES string of the molecule is Cc1ccc(S(=O)(=O)N(CC(=O)NC2CC(C)(C)Oc3cc(C)ccc32)c2cc(C)ccc2C)cc1. The third kappa shape index (κ3) is 5.41. The minimum atomic E-state index is -3.99. The summed E-state index contributed by atoms with van der Waals surface area (Å²) in [5.74, 6) is 0.371. The number of carbonyl (C=O) groups excluding carboxylic acids is 1. The topological polar surface area (TPSA) is 75.7 Å². The quantitative estimate of drug-likeness (QED) is 0.477. The van der Waals surface area contributed by atoms with E-state index in [1.807, 2.05) is 77.9 Å². The van der Waals surface area contributed by atoms with Crippen molar-refractivity contribution in [3.63, 3.8) is 0 Å². The first-order valence-electron chi connectivity index (χ1n) is 12.1. The number of nitrogens with one attached hydrogen (secondary N) is 1. The molecule has 0 fully saturated rings. The highest BCUT2D eigenvalue weighted by atomic mass is 32.2. The lowest BCUT2D eigenvalue weighted by Gasteiger charge is -2.38. The van der Waals surface area contributed by atoms with Crippen molar-refractivity contribution >= 4 is 21.6 Å². The maximum atomic E-state index is 13.8. The third-order valence-electron chi connectivity index (χ3n) is 6.49. The minimum Gasteiger partial charge on any atom is -0.487 e. The molecule has 36 heavy (non-hydrogen) atoms. The van der Waals surface area contributed by atoms with Crippen LogP contribution in [0.3, 0.4) is 0 Å². The van der Waals surface area contributed by atoms with Gasteiger partial charge in [-0.05, 0) is 82.5 Å². The van der Waals surface area contributed by atoms with Gasteiger partial charge in [0.05, 0.1) is 16.6 Å². The number of hydrogen-bond acceptors (Lipinski definition) is 4. The van der Waals surface area contributed by atoms with Crippen LogP contribution in [0.1, 0.15) is 54.1 Å². The van der Waals surface area contributed by atoms with E-state index in [1.54, 1.807) is 24.3 Å². The molecule has 0 bridgehead atoms. The second-order valence-electron chi connectivity index (χ2n) is 10.3. The highest BCUT2D eigenvalue weighted by Gasteiger charge is 2.36. The lowest BCUT2D eigenvalue weighted by Crippen LogP contribution is -2.45. The Morgan fingerprint density at radius 1 is 0.944 bits per heavy atom.